The lowest BCUT2D eigenvalue weighted by Crippen LogP contribution is -2.42. The summed E-state index contributed by atoms with van der Waals surface area (Å²) in [5, 5.41) is 4.38. The van der Waals surface area contributed by atoms with Gasteiger partial charge in [-0.2, -0.15) is 5.10 Å². The Labute approximate surface area is 172 Å². The van der Waals surface area contributed by atoms with Crippen LogP contribution in [-0.4, -0.2) is 49.4 Å². The Morgan fingerprint density at radius 3 is 2.62 bits per heavy atom. The zero-order valence-electron chi connectivity index (χ0n) is 17.4. The van der Waals surface area contributed by atoms with Crippen LogP contribution in [0.3, 0.4) is 0 Å². The highest BCUT2D eigenvalue weighted by molar-refractivity contribution is 5.90. The summed E-state index contributed by atoms with van der Waals surface area (Å²) < 4.78 is 11.2. The van der Waals surface area contributed by atoms with Gasteiger partial charge in [0.25, 0.3) is 5.91 Å². The summed E-state index contributed by atoms with van der Waals surface area (Å²) in [5.41, 5.74) is 6.72. The molecule has 1 fully saturated rings. The van der Waals surface area contributed by atoms with Crippen LogP contribution in [0.5, 0.6) is 5.75 Å². The highest BCUT2D eigenvalue weighted by Gasteiger charge is 2.25. The third-order valence-electron chi connectivity index (χ3n) is 4.98. The maximum atomic E-state index is 12.3. The Morgan fingerprint density at radius 1 is 1.17 bits per heavy atom. The Kier molecular flexibility index (Phi) is 7.38. The quantitative estimate of drug-likeness (QED) is 0.577. The van der Waals surface area contributed by atoms with Gasteiger partial charge in [0.15, 0.2) is 6.61 Å². The van der Waals surface area contributed by atoms with Gasteiger partial charge in [0.1, 0.15) is 5.75 Å². The van der Waals surface area contributed by atoms with Crippen LogP contribution in [0.15, 0.2) is 53.6 Å². The van der Waals surface area contributed by atoms with Crippen molar-refractivity contribution >= 4 is 11.6 Å². The summed E-state index contributed by atoms with van der Waals surface area (Å²) in [6.07, 6.45) is 0. The maximum Gasteiger partial charge on any atom is 0.277 e. The molecule has 1 heterocycles. The second-order valence-corrected chi connectivity index (χ2v) is 7.31. The molecular formula is C23H29N3O3. The highest BCUT2D eigenvalue weighted by Crippen LogP contribution is 2.23. The van der Waals surface area contributed by atoms with Gasteiger partial charge in [-0.1, -0.05) is 42.5 Å². The van der Waals surface area contributed by atoms with E-state index in [1.54, 1.807) is 0 Å². The molecule has 2 aromatic rings. The molecule has 0 unspecified atom stereocenters. The first-order chi connectivity index (χ1) is 14.0. The van der Waals surface area contributed by atoms with Crippen molar-refractivity contribution in [1.29, 1.82) is 0 Å². The number of hydrogen-bond donors (Lipinski definition) is 1. The average Bonchev–Trinajstić information content (AvgIpc) is 2.74. The number of amides is 1. The summed E-state index contributed by atoms with van der Waals surface area (Å²) in [6.45, 7) is 8.89. The van der Waals surface area contributed by atoms with Crippen LogP contribution in [0.1, 0.15) is 29.7 Å². The van der Waals surface area contributed by atoms with E-state index in [9.17, 15) is 4.79 Å². The van der Waals surface area contributed by atoms with E-state index in [1.165, 1.54) is 0 Å². The molecule has 1 aliphatic rings. The van der Waals surface area contributed by atoms with Crippen LogP contribution in [0.25, 0.3) is 0 Å². The van der Waals surface area contributed by atoms with Gasteiger partial charge < -0.3 is 9.47 Å². The fourth-order valence-corrected chi connectivity index (χ4v) is 3.44. The van der Waals surface area contributed by atoms with Crippen LogP contribution in [0.4, 0.5) is 0 Å². The van der Waals surface area contributed by atoms with Crippen molar-refractivity contribution in [2.24, 2.45) is 5.10 Å². The zero-order chi connectivity index (χ0) is 20.6. The molecule has 1 amide bonds. The van der Waals surface area contributed by atoms with Gasteiger partial charge >= 0.3 is 0 Å². The lowest BCUT2D eigenvalue weighted by atomic mass is 10.0. The number of nitrogens with zero attached hydrogens (tertiary/aromatic N) is 2. The normalized spacial score (nSPS) is 16.3. The lowest BCUT2D eigenvalue weighted by molar-refractivity contribution is -0.123. The number of aryl methyl sites for hydroxylation is 2. The van der Waals surface area contributed by atoms with Crippen LogP contribution in [0, 0.1) is 13.8 Å². The molecule has 154 valence electrons. The van der Waals surface area contributed by atoms with Crippen LogP contribution in [0.2, 0.25) is 0 Å². The minimum atomic E-state index is -0.279. The number of hydrogen-bond acceptors (Lipinski definition) is 5. The fourth-order valence-electron chi connectivity index (χ4n) is 3.44. The van der Waals surface area contributed by atoms with E-state index >= 15 is 0 Å². The first kappa shape index (κ1) is 21.0. The average molecular weight is 396 g/mol. The molecule has 6 heteroatoms. The van der Waals surface area contributed by atoms with E-state index < -0.39 is 0 Å². The summed E-state index contributed by atoms with van der Waals surface area (Å²) in [5.74, 6) is 0.440. The van der Waals surface area contributed by atoms with Gasteiger partial charge in [-0.25, -0.2) is 5.43 Å². The molecule has 1 atom stereocenters. The number of carbonyl (C=O) groups is 1. The van der Waals surface area contributed by atoms with E-state index in [0.29, 0.717) is 13.2 Å². The number of benzene rings is 2. The number of carbonyl (C=O) groups excluding carboxylic acids is 1. The molecular weight excluding hydrogens is 366 g/mol. The Hall–Kier alpha value is -2.70. The standard InChI is InChI=1S/C23H29N3O3/c1-17-9-10-18(2)21(15-17)29-16-22(27)25-24-19(3)23(20-7-5-4-6-8-20)26-11-13-28-14-12-26/h4-10,15,23H,11-14,16H2,1-3H3,(H,25,27)/b24-19-/t23-/m0/s1. The SMILES string of the molecule is C/C(=N/NC(=O)COc1cc(C)ccc1C)[C@@H](c1ccccc1)N1CCOCC1. The topological polar surface area (TPSA) is 63.2 Å². The molecule has 0 spiro atoms. The van der Waals surface area contributed by atoms with E-state index in [2.05, 4.69) is 27.6 Å². The number of hydrazone groups is 1. The monoisotopic (exact) mass is 395 g/mol. The number of rotatable bonds is 7. The second-order valence-electron chi connectivity index (χ2n) is 7.31. The molecule has 29 heavy (non-hydrogen) atoms. The van der Waals surface area contributed by atoms with Crippen molar-refractivity contribution in [3.8, 4) is 5.75 Å². The van der Waals surface area contributed by atoms with Crippen LogP contribution >= 0.6 is 0 Å². The molecule has 2 aromatic carbocycles. The molecule has 0 saturated carbocycles. The number of morpholine rings is 1. The summed E-state index contributed by atoms with van der Waals surface area (Å²) in [4.78, 5) is 14.6. The van der Waals surface area contributed by atoms with E-state index in [4.69, 9.17) is 9.47 Å². The molecule has 0 aliphatic carbocycles. The third kappa shape index (κ3) is 5.89. The van der Waals surface area contributed by atoms with E-state index in [-0.39, 0.29) is 18.6 Å². The minimum absolute atomic E-state index is 0.000311. The molecule has 0 bridgehead atoms. The Bertz CT molecular complexity index is 846. The predicted octanol–water partition coefficient (Wildman–Crippen LogP) is 3.25. The maximum absolute atomic E-state index is 12.3. The molecule has 1 aliphatic heterocycles. The van der Waals surface area contributed by atoms with Gasteiger partial charge in [-0.05, 0) is 43.5 Å². The predicted molar refractivity (Wildman–Crippen MR) is 114 cm³/mol. The molecule has 0 aromatic heterocycles. The van der Waals surface area contributed by atoms with Crippen molar-refractivity contribution in [3.05, 3.63) is 65.2 Å². The van der Waals surface area contributed by atoms with Crippen molar-refractivity contribution in [2.45, 2.75) is 26.8 Å². The van der Waals surface area contributed by atoms with Gasteiger partial charge in [0, 0.05) is 13.1 Å². The fraction of sp³-hybridized carbons (Fsp3) is 0.391. The second kappa shape index (κ2) is 10.2. The summed E-state index contributed by atoms with van der Waals surface area (Å²) >= 11 is 0. The summed E-state index contributed by atoms with van der Waals surface area (Å²) in [7, 11) is 0. The van der Waals surface area contributed by atoms with Gasteiger partial charge in [0.05, 0.1) is 25.0 Å². The highest BCUT2D eigenvalue weighted by atomic mass is 16.5. The lowest BCUT2D eigenvalue weighted by Gasteiger charge is -2.34. The van der Waals surface area contributed by atoms with E-state index in [1.807, 2.05) is 57.2 Å². The largest absolute Gasteiger partial charge is 0.483 e. The first-order valence-electron chi connectivity index (χ1n) is 9.94. The van der Waals surface area contributed by atoms with Crippen LogP contribution in [-0.2, 0) is 9.53 Å². The van der Waals surface area contributed by atoms with Gasteiger partial charge in [-0.3, -0.25) is 9.69 Å². The minimum Gasteiger partial charge on any atom is -0.483 e. The van der Waals surface area contributed by atoms with Crippen LogP contribution < -0.4 is 10.2 Å². The van der Waals surface area contributed by atoms with Crippen molar-refractivity contribution < 1.29 is 14.3 Å². The molecule has 3 rings (SSSR count). The van der Waals surface area contributed by atoms with Gasteiger partial charge in [0.2, 0.25) is 0 Å². The van der Waals surface area contributed by atoms with Crippen molar-refractivity contribution in [1.82, 2.24) is 10.3 Å². The number of nitrogens with one attached hydrogen (secondary N) is 1. The molecule has 6 nitrogen and oxygen atoms in total. The summed E-state index contributed by atoms with van der Waals surface area (Å²) in [6, 6.07) is 16.2. The first-order valence-corrected chi connectivity index (χ1v) is 9.94. The zero-order valence-corrected chi connectivity index (χ0v) is 17.4. The molecule has 1 saturated heterocycles. The Balaban J connectivity index is 1.65. The van der Waals surface area contributed by atoms with Gasteiger partial charge in [-0.15, -0.1) is 0 Å². The Morgan fingerprint density at radius 2 is 1.90 bits per heavy atom. The molecule has 1 N–H and O–H groups in total. The number of ether oxygens (including phenoxy) is 2. The molecule has 0 radical (unpaired) electrons. The third-order valence-corrected chi connectivity index (χ3v) is 4.98. The van der Waals surface area contributed by atoms with Crippen molar-refractivity contribution in [2.75, 3.05) is 32.9 Å². The smallest absolute Gasteiger partial charge is 0.277 e. The van der Waals surface area contributed by atoms with Crippen molar-refractivity contribution in [3.63, 3.8) is 0 Å². The van der Waals surface area contributed by atoms with E-state index in [0.717, 1.165) is 41.2 Å².